The number of nitrogens with one attached hydrogen (secondary N) is 1. The van der Waals surface area contributed by atoms with Crippen LogP contribution in [0.5, 0.6) is 0 Å². The Kier molecular flexibility index (Phi) is 5.11. The predicted molar refractivity (Wildman–Crippen MR) is 101 cm³/mol. The third-order valence-corrected chi connectivity index (χ3v) is 5.43. The second kappa shape index (κ2) is 7.09. The lowest BCUT2D eigenvalue weighted by Crippen LogP contribution is -2.22. The number of halogens is 1. The van der Waals surface area contributed by atoms with Gasteiger partial charge in [0.2, 0.25) is 4.77 Å². The minimum Gasteiger partial charge on any atom is -0.282 e. The van der Waals surface area contributed by atoms with Crippen LogP contribution in [0.15, 0.2) is 40.2 Å². The summed E-state index contributed by atoms with van der Waals surface area (Å²) in [6, 6.07) is 10.4. The van der Waals surface area contributed by atoms with Gasteiger partial charge in [0.1, 0.15) is 0 Å². The van der Waals surface area contributed by atoms with E-state index in [1.54, 1.807) is 11.3 Å². The van der Waals surface area contributed by atoms with Gasteiger partial charge < -0.3 is 0 Å². The van der Waals surface area contributed by atoms with Gasteiger partial charge in [-0.15, -0.1) is 11.3 Å². The van der Waals surface area contributed by atoms with E-state index in [0.29, 0.717) is 11.4 Å². The van der Waals surface area contributed by atoms with Crippen LogP contribution in [0.1, 0.15) is 10.4 Å². The lowest BCUT2D eigenvalue weighted by Gasteiger charge is -2.15. The number of rotatable bonds is 5. The monoisotopic (exact) mass is 408 g/mol. The van der Waals surface area contributed by atoms with Gasteiger partial charge in [-0.3, -0.25) is 10.00 Å². The fourth-order valence-corrected chi connectivity index (χ4v) is 4.01. The van der Waals surface area contributed by atoms with Crippen molar-refractivity contribution in [1.82, 2.24) is 19.7 Å². The van der Waals surface area contributed by atoms with E-state index < -0.39 is 0 Å². The molecular formula is C16H17BrN4S2. The van der Waals surface area contributed by atoms with Crippen molar-refractivity contribution in [3.8, 4) is 11.4 Å². The van der Waals surface area contributed by atoms with E-state index in [1.807, 2.05) is 4.68 Å². The van der Waals surface area contributed by atoms with Gasteiger partial charge in [-0.25, -0.2) is 4.68 Å². The second-order valence-corrected chi connectivity index (χ2v) is 7.81. The second-order valence-electron chi connectivity index (χ2n) is 5.54. The number of aromatic nitrogens is 3. The van der Waals surface area contributed by atoms with Crippen LogP contribution in [0.25, 0.3) is 11.4 Å². The fraction of sp³-hybridized carbons (Fsp3) is 0.250. The number of aryl methyl sites for hydroxylation is 1. The summed E-state index contributed by atoms with van der Waals surface area (Å²) in [5, 5.41) is 5.39. The molecule has 7 heteroatoms. The van der Waals surface area contributed by atoms with Crippen LogP contribution in [-0.2, 0) is 13.2 Å². The standard InChI is InChI=1S/C16H17BrN4S2/c1-11-3-5-12(6-4-11)15-18-16(22)21(19-15)10-20(2)8-14-7-13(17)9-23-14/h3-7,9H,8,10H2,1-2H3,(H,18,19,22). The van der Waals surface area contributed by atoms with Gasteiger partial charge in [0, 0.05) is 26.8 Å². The molecule has 0 unspecified atom stereocenters. The molecule has 0 aliphatic rings. The topological polar surface area (TPSA) is 36.9 Å². The highest BCUT2D eigenvalue weighted by Gasteiger charge is 2.08. The maximum atomic E-state index is 5.37. The molecule has 0 aliphatic carbocycles. The molecule has 0 atom stereocenters. The van der Waals surface area contributed by atoms with Crippen molar-refractivity contribution in [2.75, 3.05) is 7.05 Å². The highest BCUT2D eigenvalue weighted by molar-refractivity contribution is 9.10. The third-order valence-electron chi connectivity index (χ3n) is 3.43. The van der Waals surface area contributed by atoms with Gasteiger partial charge in [0.05, 0.1) is 6.67 Å². The molecule has 3 rings (SSSR count). The van der Waals surface area contributed by atoms with Gasteiger partial charge in [0.15, 0.2) is 5.82 Å². The van der Waals surface area contributed by atoms with Gasteiger partial charge in [-0.2, -0.15) is 4.98 Å². The molecule has 2 heterocycles. The van der Waals surface area contributed by atoms with E-state index in [2.05, 4.69) is 80.6 Å². The van der Waals surface area contributed by atoms with Crippen molar-refractivity contribution in [3.63, 3.8) is 0 Å². The van der Waals surface area contributed by atoms with Crippen LogP contribution in [0.2, 0.25) is 0 Å². The molecule has 120 valence electrons. The summed E-state index contributed by atoms with van der Waals surface area (Å²) in [4.78, 5) is 7.97. The minimum atomic E-state index is 0.569. The lowest BCUT2D eigenvalue weighted by molar-refractivity contribution is 0.246. The Hall–Kier alpha value is -1.28. The molecule has 3 aromatic rings. The van der Waals surface area contributed by atoms with Crippen LogP contribution < -0.4 is 0 Å². The Bertz CT molecular complexity index is 848. The molecule has 0 fully saturated rings. The Labute approximate surface area is 152 Å². The van der Waals surface area contributed by atoms with E-state index in [0.717, 1.165) is 22.4 Å². The van der Waals surface area contributed by atoms with Crippen LogP contribution in [0.4, 0.5) is 0 Å². The van der Waals surface area contributed by atoms with Gasteiger partial charge >= 0.3 is 0 Å². The van der Waals surface area contributed by atoms with Crippen molar-refractivity contribution in [2.24, 2.45) is 0 Å². The zero-order chi connectivity index (χ0) is 16.4. The number of aromatic amines is 1. The van der Waals surface area contributed by atoms with E-state index >= 15 is 0 Å². The summed E-state index contributed by atoms with van der Waals surface area (Å²) in [6.45, 7) is 3.62. The van der Waals surface area contributed by atoms with Crippen LogP contribution in [0, 0.1) is 11.7 Å². The molecule has 0 amide bonds. The van der Waals surface area contributed by atoms with Crippen LogP contribution >= 0.6 is 39.5 Å². The number of hydrogen-bond donors (Lipinski definition) is 1. The van der Waals surface area contributed by atoms with Gasteiger partial charge in [-0.05, 0) is 48.2 Å². The SMILES string of the molecule is Cc1ccc(-c2nc(=S)n(CN(C)Cc3cc(Br)cs3)[nH]2)cc1. The smallest absolute Gasteiger partial charge is 0.217 e. The summed E-state index contributed by atoms with van der Waals surface area (Å²) >= 11 is 10.6. The van der Waals surface area contributed by atoms with Crippen molar-refractivity contribution < 1.29 is 0 Å². The number of hydrogen-bond acceptors (Lipinski definition) is 4. The highest BCUT2D eigenvalue weighted by atomic mass is 79.9. The molecule has 0 bridgehead atoms. The van der Waals surface area contributed by atoms with Crippen LogP contribution in [-0.4, -0.2) is 26.7 Å². The third kappa shape index (κ3) is 4.17. The first-order valence-corrected chi connectivity index (χ1v) is 9.25. The predicted octanol–water partition coefficient (Wildman–Crippen LogP) is 4.83. The fourth-order valence-electron chi connectivity index (χ4n) is 2.29. The van der Waals surface area contributed by atoms with Crippen molar-refractivity contribution in [2.45, 2.75) is 20.1 Å². The normalized spacial score (nSPS) is 11.3. The highest BCUT2D eigenvalue weighted by Crippen LogP contribution is 2.21. The minimum absolute atomic E-state index is 0.569. The molecule has 0 radical (unpaired) electrons. The van der Waals surface area contributed by atoms with E-state index in [1.165, 1.54) is 10.4 Å². The number of H-pyrrole nitrogens is 1. The average Bonchev–Trinajstić information content (AvgIpc) is 3.06. The van der Waals surface area contributed by atoms with Crippen molar-refractivity contribution >= 4 is 39.5 Å². The van der Waals surface area contributed by atoms with Crippen LogP contribution in [0.3, 0.4) is 0 Å². The molecule has 0 spiro atoms. The number of benzene rings is 1. The summed E-state index contributed by atoms with van der Waals surface area (Å²) in [7, 11) is 2.07. The largest absolute Gasteiger partial charge is 0.282 e. The number of nitrogens with zero attached hydrogens (tertiary/aromatic N) is 3. The first-order chi connectivity index (χ1) is 11.0. The first kappa shape index (κ1) is 16.6. The Morgan fingerprint density at radius 3 is 2.74 bits per heavy atom. The van der Waals surface area contributed by atoms with Crippen molar-refractivity contribution in [1.29, 1.82) is 0 Å². The molecule has 23 heavy (non-hydrogen) atoms. The summed E-state index contributed by atoms with van der Waals surface area (Å²) in [6.07, 6.45) is 0. The molecule has 0 aliphatic heterocycles. The molecule has 2 aromatic heterocycles. The van der Waals surface area contributed by atoms with E-state index in [9.17, 15) is 0 Å². The van der Waals surface area contributed by atoms with E-state index in [4.69, 9.17) is 12.2 Å². The van der Waals surface area contributed by atoms with Gasteiger partial charge in [0.25, 0.3) is 0 Å². The van der Waals surface area contributed by atoms with E-state index in [-0.39, 0.29) is 0 Å². The molecule has 0 saturated heterocycles. The average molecular weight is 409 g/mol. The molecule has 0 saturated carbocycles. The maximum Gasteiger partial charge on any atom is 0.217 e. The summed E-state index contributed by atoms with van der Waals surface area (Å²) in [5.41, 5.74) is 2.28. The zero-order valence-electron chi connectivity index (χ0n) is 12.9. The molecule has 1 N–H and O–H groups in total. The lowest BCUT2D eigenvalue weighted by atomic mass is 10.1. The zero-order valence-corrected chi connectivity index (χ0v) is 16.1. The molecular weight excluding hydrogens is 392 g/mol. The quantitative estimate of drug-likeness (QED) is 0.614. The maximum absolute atomic E-state index is 5.37. The Balaban J connectivity index is 1.73. The summed E-state index contributed by atoms with van der Waals surface area (Å²) in [5.74, 6) is 0.808. The summed E-state index contributed by atoms with van der Waals surface area (Å²) < 4.78 is 3.60. The van der Waals surface area contributed by atoms with Crippen molar-refractivity contribution in [3.05, 3.63) is 55.4 Å². The molecule has 4 nitrogen and oxygen atoms in total. The first-order valence-electron chi connectivity index (χ1n) is 7.16. The Morgan fingerprint density at radius 2 is 2.09 bits per heavy atom. The molecule has 1 aromatic carbocycles. The Morgan fingerprint density at radius 1 is 1.35 bits per heavy atom. The van der Waals surface area contributed by atoms with Gasteiger partial charge in [-0.1, -0.05) is 29.8 Å². The number of thiophene rings is 1.